The van der Waals surface area contributed by atoms with Gasteiger partial charge in [-0.1, -0.05) is 5.16 Å². The lowest BCUT2D eigenvalue weighted by Crippen LogP contribution is -2.40. The number of fused-ring (bicyclic) bond motifs is 1. The summed E-state index contributed by atoms with van der Waals surface area (Å²) in [6.45, 7) is 0.583. The normalized spacial score (nSPS) is 18.4. The van der Waals surface area contributed by atoms with E-state index in [1.807, 2.05) is 0 Å². The van der Waals surface area contributed by atoms with E-state index in [0.29, 0.717) is 18.0 Å². The van der Waals surface area contributed by atoms with Crippen molar-refractivity contribution in [2.75, 3.05) is 6.54 Å². The molecule has 3 aromatic heterocycles. The van der Waals surface area contributed by atoms with Gasteiger partial charge in [0.15, 0.2) is 5.82 Å². The number of hydrogen-bond donors (Lipinski definition) is 1. The van der Waals surface area contributed by atoms with Crippen molar-refractivity contribution >= 4 is 11.6 Å². The SMILES string of the molecule is O=C(c1cc2nccn2c(=O)[nH]1)N1CCCCC1c1ncon1. The number of piperidine rings is 1. The first kappa shape index (κ1) is 13.7. The van der Waals surface area contributed by atoms with Crippen LogP contribution in [0.5, 0.6) is 0 Å². The zero-order valence-corrected chi connectivity index (χ0v) is 12.2. The van der Waals surface area contributed by atoms with E-state index in [2.05, 4.69) is 20.1 Å². The van der Waals surface area contributed by atoms with Crippen LogP contribution in [0.2, 0.25) is 0 Å². The summed E-state index contributed by atoms with van der Waals surface area (Å²) in [5.41, 5.74) is 0.255. The Morgan fingerprint density at radius 1 is 1.35 bits per heavy atom. The van der Waals surface area contributed by atoms with Crippen LogP contribution in [0.15, 0.2) is 34.2 Å². The Bertz CT molecular complexity index is 897. The number of nitrogens with one attached hydrogen (secondary N) is 1. The van der Waals surface area contributed by atoms with Crippen LogP contribution < -0.4 is 5.69 Å². The third-order valence-electron chi connectivity index (χ3n) is 4.07. The van der Waals surface area contributed by atoms with Gasteiger partial charge < -0.3 is 14.4 Å². The Balaban J connectivity index is 1.72. The van der Waals surface area contributed by atoms with Crippen LogP contribution in [0.4, 0.5) is 0 Å². The van der Waals surface area contributed by atoms with Gasteiger partial charge in [-0.05, 0) is 19.3 Å². The predicted octanol–water partition coefficient (Wildman–Crippen LogP) is 0.773. The average molecular weight is 314 g/mol. The Morgan fingerprint density at radius 2 is 2.26 bits per heavy atom. The van der Waals surface area contributed by atoms with Crippen LogP contribution in [0, 0.1) is 0 Å². The number of aromatic nitrogens is 5. The first-order chi connectivity index (χ1) is 11.2. The molecule has 118 valence electrons. The minimum absolute atomic E-state index is 0.212. The highest BCUT2D eigenvalue weighted by molar-refractivity contribution is 5.93. The summed E-state index contributed by atoms with van der Waals surface area (Å²) in [6, 6.07) is 1.33. The quantitative estimate of drug-likeness (QED) is 0.748. The lowest BCUT2D eigenvalue weighted by molar-refractivity contribution is 0.0590. The fourth-order valence-corrected chi connectivity index (χ4v) is 2.97. The number of nitrogens with zero attached hydrogens (tertiary/aromatic N) is 5. The third kappa shape index (κ3) is 2.30. The lowest BCUT2D eigenvalue weighted by Gasteiger charge is -2.33. The molecule has 1 aliphatic rings. The van der Waals surface area contributed by atoms with E-state index in [1.165, 1.54) is 17.0 Å². The number of aromatic amines is 1. The Morgan fingerprint density at radius 3 is 3.09 bits per heavy atom. The number of hydrogen-bond acceptors (Lipinski definition) is 6. The molecule has 1 amide bonds. The zero-order valence-electron chi connectivity index (χ0n) is 12.2. The monoisotopic (exact) mass is 314 g/mol. The second kappa shape index (κ2) is 5.34. The summed E-state index contributed by atoms with van der Waals surface area (Å²) >= 11 is 0. The molecule has 9 nitrogen and oxygen atoms in total. The highest BCUT2D eigenvalue weighted by atomic mass is 16.5. The van der Waals surface area contributed by atoms with Crippen LogP contribution in [-0.4, -0.2) is 41.9 Å². The summed E-state index contributed by atoms with van der Waals surface area (Å²) < 4.78 is 6.15. The molecule has 1 atom stereocenters. The van der Waals surface area contributed by atoms with Crippen molar-refractivity contribution in [1.29, 1.82) is 0 Å². The van der Waals surface area contributed by atoms with Gasteiger partial charge in [-0.3, -0.25) is 9.20 Å². The molecule has 23 heavy (non-hydrogen) atoms. The number of carbonyl (C=O) groups is 1. The molecule has 1 unspecified atom stereocenters. The highest BCUT2D eigenvalue weighted by Gasteiger charge is 2.32. The van der Waals surface area contributed by atoms with E-state index >= 15 is 0 Å². The Kier molecular flexibility index (Phi) is 3.18. The summed E-state index contributed by atoms with van der Waals surface area (Å²) in [4.78, 5) is 37.3. The second-order valence-electron chi connectivity index (χ2n) is 5.44. The molecule has 0 radical (unpaired) electrons. The Hall–Kier alpha value is -2.97. The van der Waals surface area contributed by atoms with Crippen LogP contribution in [0.3, 0.4) is 0 Å². The number of carbonyl (C=O) groups excluding carboxylic acids is 1. The van der Waals surface area contributed by atoms with Gasteiger partial charge in [-0.25, -0.2) is 9.78 Å². The van der Waals surface area contributed by atoms with Crippen LogP contribution in [-0.2, 0) is 0 Å². The van der Waals surface area contributed by atoms with Crippen molar-refractivity contribution in [3.8, 4) is 0 Å². The summed E-state index contributed by atoms with van der Waals surface area (Å²) in [5.74, 6) is 0.226. The van der Waals surface area contributed by atoms with Crippen molar-refractivity contribution < 1.29 is 9.32 Å². The average Bonchev–Trinajstić information content (AvgIpc) is 3.25. The third-order valence-corrected chi connectivity index (χ3v) is 4.07. The molecular formula is C14H14N6O3. The lowest BCUT2D eigenvalue weighted by atomic mass is 10.0. The first-order valence-corrected chi connectivity index (χ1v) is 7.37. The van der Waals surface area contributed by atoms with Crippen molar-refractivity contribution in [3.05, 3.63) is 46.9 Å². The van der Waals surface area contributed by atoms with Gasteiger partial charge in [0.2, 0.25) is 6.39 Å². The highest BCUT2D eigenvalue weighted by Crippen LogP contribution is 2.29. The number of amides is 1. The van der Waals surface area contributed by atoms with E-state index in [9.17, 15) is 9.59 Å². The van der Waals surface area contributed by atoms with E-state index in [-0.39, 0.29) is 17.6 Å². The topological polar surface area (TPSA) is 109 Å². The van der Waals surface area contributed by atoms with Crippen LogP contribution in [0.1, 0.15) is 41.6 Å². The van der Waals surface area contributed by atoms with E-state index < -0.39 is 5.69 Å². The van der Waals surface area contributed by atoms with Gasteiger partial charge in [0.1, 0.15) is 11.3 Å². The van der Waals surface area contributed by atoms with Crippen molar-refractivity contribution in [3.63, 3.8) is 0 Å². The van der Waals surface area contributed by atoms with Gasteiger partial charge in [0.25, 0.3) is 5.91 Å². The number of H-pyrrole nitrogens is 1. The molecule has 0 spiro atoms. The number of rotatable bonds is 2. The standard InChI is InChI=1S/C14H14N6O3/c21-13(9-7-11-15-4-6-20(11)14(22)17-9)19-5-2-1-3-10(19)12-16-8-23-18-12/h4,6-8,10H,1-3,5H2,(H,17,22). The molecule has 4 rings (SSSR count). The minimum atomic E-state index is -0.392. The Labute approximate surface area is 129 Å². The second-order valence-corrected chi connectivity index (χ2v) is 5.44. The summed E-state index contributed by atoms with van der Waals surface area (Å²) in [5, 5.41) is 3.86. The van der Waals surface area contributed by atoms with Crippen molar-refractivity contribution in [2.24, 2.45) is 0 Å². The van der Waals surface area contributed by atoms with Gasteiger partial charge >= 0.3 is 5.69 Å². The molecule has 0 aromatic carbocycles. The molecular weight excluding hydrogens is 300 g/mol. The molecule has 1 N–H and O–H groups in total. The van der Waals surface area contributed by atoms with E-state index in [4.69, 9.17) is 4.52 Å². The largest absolute Gasteiger partial charge is 0.343 e. The van der Waals surface area contributed by atoms with Gasteiger partial charge in [0.05, 0.1) is 6.04 Å². The maximum absolute atomic E-state index is 12.9. The molecule has 1 aliphatic heterocycles. The van der Waals surface area contributed by atoms with Gasteiger partial charge in [-0.15, -0.1) is 0 Å². The molecule has 4 heterocycles. The molecule has 1 saturated heterocycles. The fraction of sp³-hybridized carbons (Fsp3) is 0.357. The predicted molar refractivity (Wildman–Crippen MR) is 77.7 cm³/mol. The smallest absolute Gasteiger partial charge is 0.331 e. The number of likely N-dealkylation sites (tertiary alicyclic amines) is 1. The van der Waals surface area contributed by atoms with Crippen molar-refractivity contribution in [1.82, 2.24) is 29.4 Å². The molecule has 1 fully saturated rings. The maximum Gasteiger partial charge on any atom is 0.331 e. The van der Waals surface area contributed by atoms with E-state index in [0.717, 1.165) is 19.3 Å². The van der Waals surface area contributed by atoms with Gasteiger partial charge in [0, 0.05) is 25.0 Å². The first-order valence-electron chi connectivity index (χ1n) is 7.37. The van der Waals surface area contributed by atoms with Crippen LogP contribution >= 0.6 is 0 Å². The summed E-state index contributed by atoms with van der Waals surface area (Å²) in [6.07, 6.45) is 6.97. The van der Waals surface area contributed by atoms with Crippen molar-refractivity contribution in [2.45, 2.75) is 25.3 Å². The molecule has 0 bridgehead atoms. The summed E-state index contributed by atoms with van der Waals surface area (Å²) in [7, 11) is 0. The molecule has 0 saturated carbocycles. The zero-order chi connectivity index (χ0) is 15.8. The van der Waals surface area contributed by atoms with Gasteiger partial charge in [-0.2, -0.15) is 4.98 Å². The molecule has 9 heteroatoms. The molecule has 0 aliphatic carbocycles. The van der Waals surface area contributed by atoms with Crippen LogP contribution in [0.25, 0.3) is 5.65 Å². The maximum atomic E-state index is 12.9. The molecule has 3 aromatic rings. The van der Waals surface area contributed by atoms with E-state index in [1.54, 1.807) is 17.2 Å². The minimum Gasteiger partial charge on any atom is -0.343 e. The fourth-order valence-electron chi connectivity index (χ4n) is 2.97. The number of imidazole rings is 1.